The molecule has 1 atom stereocenters. The predicted octanol–water partition coefficient (Wildman–Crippen LogP) is 1.43. The van der Waals surface area contributed by atoms with Gasteiger partial charge >= 0.3 is 0 Å². The second-order valence-electron chi connectivity index (χ2n) is 5.46. The number of carbonyl (C=O) groups excluding carboxylic acids is 2. The summed E-state index contributed by atoms with van der Waals surface area (Å²) in [6.45, 7) is 3.85. The quantitative estimate of drug-likeness (QED) is 0.798. The minimum atomic E-state index is -0.442. The molecule has 0 heterocycles. The fourth-order valence-electron chi connectivity index (χ4n) is 2.04. The maximum Gasteiger partial charge on any atom is 0.254 e. The van der Waals surface area contributed by atoms with E-state index in [9.17, 15) is 9.59 Å². The van der Waals surface area contributed by atoms with E-state index in [1.54, 1.807) is 31.3 Å². The van der Waals surface area contributed by atoms with E-state index in [4.69, 9.17) is 5.11 Å². The van der Waals surface area contributed by atoms with Crippen LogP contribution in [0.3, 0.4) is 0 Å². The molecule has 0 bridgehead atoms. The van der Waals surface area contributed by atoms with Crippen molar-refractivity contribution in [3.63, 3.8) is 0 Å². The highest BCUT2D eigenvalue weighted by Crippen LogP contribution is 2.13. The number of amides is 2. The third kappa shape index (κ3) is 5.19. The first-order chi connectivity index (χ1) is 9.91. The summed E-state index contributed by atoms with van der Waals surface area (Å²) >= 11 is 0. The SMILES string of the molecule is CCC(C)(CCO)NC(=O)CN(C)C(=O)c1ccccc1. The molecule has 2 N–H and O–H groups in total. The van der Waals surface area contributed by atoms with Gasteiger partial charge in [0.25, 0.3) is 5.91 Å². The van der Waals surface area contributed by atoms with Gasteiger partial charge in [-0.3, -0.25) is 9.59 Å². The Balaban J connectivity index is 2.60. The second kappa shape index (κ2) is 7.78. The zero-order valence-corrected chi connectivity index (χ0v) is 12.9. The van der Waals surface area contributed by atoms with Gasteiger partial charge in [0.2, 0.25) is 5.91 Å². The molecule has 5 nitrogen and oxygen atoms in total. The van der Waals surface area contributed by atoms with Crippen molar-refractivity contribution in [2.24, 2.45) is 0 Å². The Labute approximate surface area is 126 Å². The van der Waals surface area contributed by atoms with Crippen LogP contribution in [-0.4, -0.2) is 47.6 Å². The van der Waals surface area contributed by atoms with E-state index in [1.165, 1.54) is 4.90 Å². The van der Waals surface area contributed by atoms with Gasteiger partial charge < -0.3 is 15.3 Å². The van der Waals surface area contributed by atoms with Gasteiger partial charge in [-0.2, -0.15) is 0 Å². The second-order valence-corrected chi connectivity index (χ2v) is 5.46. The first-order valence-corrected chi connectivity index (χ1v) is 7.14. The maximum atomic E-state index is 12.1. The molecule has 1 aromatic rings. The lowest BCUT2D eigenvalue weighted by Crippen LogP contribution is -2.50. The minimum Gasteiger partial charge on any atom is -0.396 e. The van der Waals surface area contributed by atoms with Crippen molar-refractivity contribution in [3.8, 4) is 0 Å². The summed E-state index contributed by atoms with van der Waals surface area (Å²) in [6, 6.07) is 8.86. The third-order valence-corrected chi connectivity index (χ3v) is 3.63. The van der Waals surface area contributed by atoms with Gasteiger partial charge in [0.15, 0.2) is 0 Å². The Hall–Kier alpha value is -1.88. The number of aliphatic hydroxyl groups excluding tert-OH is 1. The molecular formula is C16H24N2O3. The molecule has 0 aliphatic rings. The van der Waals surface area contributed by atoms with Gasteiger partial charge in [0.05, 0.1) is 6.54 Å². The van der Waals surface area contributed by atoms with Crippen molar-refractivity contribution < 1.29 is 14.7 Å². The molecule has 21 heavy (non-hydrogen) atoms. The molecular weight excluding hydrogens is 268 g/mol. The molecule has 0 radical (unpaired) electrons. The van der Waals surface area contributed by atoms with Crippen LogP contribution >= 0.6 is 0 Å². The van der Waals surface area contributed by atoms with Gasteiger partial charge in [-0.05, 0) is 31.9 Å². The van der Waals surface area contributed by atoms with Crippen LogP contribution in [0.1, 0.15) is 37.0 Å². The van der Waals surface area contributed by atoms with Crippen LogP contribution in [0.5, 0.6) is 0 Å². The normalized spacial score (nSPS) is 13.3. The molecule has 0 aliphatic heterocycles. The molecule has 0 saturated heterocycles. The van der Waals surface area contributed by atoms with Gasteiger partial charge in [-0.25, -0.2) is 0 Å². The van der Waals surface area contributed by atoms with E-state index in [1.807, 2.05) is 19.9 Å². The zero-order chi connectivity index (χ0) is 15.9. The van der Waals surface area contributed by atoms with Crippen molar-refractivity contribution in [1.29, 1.82) is 0 Å². The standard InChI is InChI=1S/C16H24N2O3/c1-4-16(2,10-11-19)17-14(20)12-18(3)15(21)13-8-6-5-7-9-13/h5-9,19H,4,10-12H2,1-3H3,(H,17,20). The van der Waals surface area contributed by atoms with E-state index in [0.717, 1.165) is 6.42 Å². The zero-order valence-electron chi connectivity index (χ0n) is 12.9. The van der Waals surface area contributed by atoms with E-state index >= 15 is 0 Å². The molecule has 1 rings (SSSR count). The Morgan fingerprint density at radius 3 is 2.43 bits per heavy atom. The smallest absolute Gasteiger partial charge is 0.254 e. The summed E-state index contributed by atoms with van der Waals surface area (Å²) in [4.78, 5) is 25.6. The average Bonchev–Trinajstić information content (AvgIpc) is 2.47. The molecule has 5 heteroatoms. The number of hydrogen-bond acceptors (Lipinski definition) is 3. The molecule has 0 spiro atoms. The van der Waals surface area contributed by atoms with E-state index in [2.05, 4.69) is 5.32 Å². The molecule has 0 fully saturated rings. The Morgan fingerprint density at radius 1 is 1.29 bits per heavy atom. The van der Waals surface area contributed by atoms with Gasteiger partial charge in [-0.1, -0.05) is 25.1 Å². The van der Waals surface area contributed by atoms with Crippen molar-refractivity contribution in [1.82, 2.24) is 10.2 Å². The molecule has 2 amide bonds. The maximum absolute atomic E-state index is 12.1. The van der Waals surface area contributed by atoms with Crippen LogP contribution in [0.2, 0.25) is 0 Å². The van der Waals surface area contributed by atoms with Crippen molar-refractivity contribution >= 4 is 11.8 Å². The molecule has 1 unspecified atom stereocenters. The summed E-state index contributed by atoms with van der Waals surface area (Å²) in [5.74, 6) is -0.411. The average molecular weight is 292 g/mol. The topological polar surface area (TPSA) is 69.6 Å². The highest BCUT2D eigenvalue weighted by molar-refractivity contribution is 5.96. The minimum absolute atomic E-state index is 0.00521. The Kier molecular flexibility index (Phi) is 6.37. The van der Waals surface area contributed by atoms with Gasteiger partial charge in [-0.15, -0.1) is 0 Å². The molecule has 0 saturated carbocycles. The van der Waals surface area contributed by atoms with E-state index in [0.29, 0.717) is 12.0 Å². The van der Waals surface area contributed by atoms with Crippen LogP contribution in [-0.2, 0) is 4.79 Å². The summed E-state index contributed by atoms with van der Waals surface area (Å²) in [7, 11) is 1.60. The number of nitrogens with zero attached hydrogens (tertiary/aromatic N) is 1. The number of likely N-dealkylation sites (N-methyl/N-ethyl adjacent to an activating group) is 1. The van der Waals surface area contributed by atoms with E-state index in [-0.39, 0.29) is 25.0 Å². The Bertz CT molecular complexity index is 476. The molecule has 116 valence electrons. The number of nitrogens with one attached hydrogen (secondary N) is 1. The first-order valence-electron chi connectivity index (χ1n) is 7.14. The summed E-state index contributed by atoms with van der Waals surface area (Å²) < 4.78 is 0. The molecule has 0 aromatic heterocycles. The lowest BCUT2D eigenvalue weighted by Gasteiger charge is -2.30. The van der Waals surface area contributed by atoms with Crippen molar-refractivity contribution in [2.45, 2.75) is 32.2 Å². The lowest BCUT2D eigenvalue weighted by molar-refractivity contribution is -0.123. The fraction of sp³-hybridized carbons (Fsp3) is 0.500. The van der Waals surface area contributed by atoms with Gasteiger partial charge in [0.1, 0.15) is 0 Å². The number of carbonyl (C=O) groups is 2. The monoisotopic (exact) mass is 292 g/mol. The predicted molar refractivity (Wildman–Crippen MR) is 81.9 cm³/mol. The fourth-order valence-corrected chi connectivity index (χ4v) is 2.04. The van der Waals surface area contributed by atoms with Crippen LogP contribution in [0.4, 0.5) is 0 Å². The largest absolute Gasteiger partial charge is 0.396 e. The van der Waals surface area contributed by atoms with Crippen LogP contribution in [0.15, 0.2) is 30.3 Å². The van der Waals surface area contributed by atoms with Crippen molar-refractivity contribution in [2.75, 3.05) is 20.2 Å². The highest BCUT2D eigenvalue weighted by Gasteiger charge is 2.24. The molecule has 1 aromatic carbocycles. The molecule has 0 aliphatic carbocycles. The van der Waals surface area contributed by atoms with Crippen LogP contribution in [0.25, 0.3) is 0 Å². The summed E-state index contributed by atoms with van der Waals surface area (Å²) in [6.07, 6.45) is 1.21. The highest BCUT2D eigenvalue weighted by atomic mass is 16.3. The third-order valence-electron chi connectivity index (χ3n) is 3.63. The van der Waals surface area contributed by atoms with Crippen LogP contribution in [0, 0.1) is 0 Å². The Morgan fingerprint density at radius 2 is 1.90 bits per heavy atom. The summed E-state index contributed by atoms with van der Waals surface area (Å²) in [5, 5.41) is 11.9. The number of aliphatic hydroxyl groups is 1. The summed E-state index contributed by atoms with van der Waals surface area (Å²) in [5.41, 5.74) is 0.115. The van der Waals surface area contributed by atoms with Crippen molar-refractivity contribution in [3.05, 3.63) is 35.9 Å². The number of rotatable bonds is 7. The number of hydrogen-bond donors (Lipinski definition) is 2. The van der Waals surface area contributed by atoms with E-state index < -0.39 is 5.54 Å². The van der Waals surface area contributed by atoms with Gasteiger partial charge in [0, 0.05) is 24.8 Å². The first kappa shape index (κ1) is 17.2. The number of benzene rings is 1. The lowest BCUT2D eigenvalue weighted by atomic mass is 9.95. The van der Waals surface area contributed by atoms with Crippen LogP contribution < -0.4 is 5.32 Å².